The fourth-order valence-electron chi connectivity index (χ4n) is 1.20. The average Bonchev–Trinajstić information content (AvgIpc) is 2.34. The maximum Gasteiger partial charge on any atom is 0.358 e. The molecular weight excluding hydrogens is 230 g/mol. The largest absolute Gasteiger partial charge is 0.464 e. The Kier molecular flexibility index (Phi) is 4.64. The number of anilines is 1. The molecule has 1 N–H and O–H groups in total. The summed E-state index contributed by atoms with van der Waals surface area (Å²) >= 11 is 0. The first-order valence-corrected chi connectivity index (χ1v) is 6.00. The van der Waals surface area contributed by atoms with Crippen LogP contribution in [-0.2, 0) is 4.74 Å². The minimum Gasteiger partial charge on any atom is -0.464 e. The molecule has 0 aromatic carbocycles. The molecule has 100 valence electrons. The van der Waals surface area contributed by atoms with Gasteiger partial charge in [-0.15, -0.1) is 10.2 Å². The third-order valence-corrected chi connectivity index (χ3v) is 3.13. The molecule has 1 heterocycles. The van der Waals surface area contributed by atoms with Crippen molar-refractivity contribution < 1.29 is 9.53 Å². The number of nitrogens with one attached hydrogen (secondary N) is 1. The molecule has 0 amide bonds. The zero-order valence-electron chi connectivity index (χ0n) is 11.7. The van der Waals surface area contributed by atoms with Gasteiger partial charge in [0.05, 0.1) is 7.11 Å². The highest BCUT2D eigenvalue weighted by Crippen LogP contribution is 2.25. The maximum absolute atomic E-state index is 11.2. The van der Waals surface area contributed by atoms with Crippen molar-refractivity contribution in [3.63, 3.8) is 0 Å². The predicted molar refractivity (Wildman–Crippen MR) is 70.5 cm³/mol. The Labute approximate surface area is 108 Å². The molecule has 0 fully saturated rings. The molecule has 0 saturated heterocycles. The second-order valence-corrected chi connectivity index (χ2v) is 5.44. The van der Waals surface area contributed by atoms with Crippen LogP contribution in [0.4, 0.5) is 5.82 Å². The average molecular weight is 251 g/mol. The molecule has 0 aliphatic carbocycles. The molecule has 1 aromatic rings. The lowest BCUT2D eigenvalue weighted by Gasteiger charge is -2.27. The van der Waals surface area contributed by atoms with Gasteiger partial charge < -0.3 is 10.1 Å². The molecule has 1 rings (SSSR count). The first-order chi connectivity index (χ1) is 8.34. The molecule has 1 unspecified atom stereocenters. The summed E-state index contributed by atoms with van der Waals surface area (Å²) in [5.41, 5.74) is 0.457. The van der Waals surface area contributed by atoms with Crippen molar-refractivity contribution in [1.82, 2.24) is 10.2 Å². The lowest BCUT2D eigenvalue weighted by Crippen LogP contribution is -2.25. The van der Waals surface area contributed by atoms with E-state index >= 15 is 0 Å². The number of hydrogen-bond donors (Lipinski definition) is 1. The Bertz CT molecular complexity index is 396. The molecule has 0 bridgehead atoms. The van der Waals surface area contributed by atoms with Gasteiger partial charge in [0.25, 0.3) is 0 Å². The van der Waals surface area contributed by atoms with Gasteiger partial charge >= 0.3 is 5.97 Å². The third-order valence-electron chi connectivity index (χ3n) is 3.13. The quantitative estimate of drug-likeness (QED) is 0.832. The fraction of sp³-hybridized carbons (Fsp3) is 0.615. The minimum atomic E-state index is -0.475. The van der Waals surface area contributed by atoms with Crippen molar-refractivity contribution in [1.29, 1.82) is 0 Å². The van der Waals surface area contributed by atoms with E-state index in [1.54, 1.807) is 12.1 Å². The Morgan fingerprint density at radius 3 is 2.50 bits per heavy atom. The van der Waals surface area contributed by atoms with Crippen LogP contribution in [-0.4, -0.2) is 29.8 Å². The summed E-state index contributed by atoms with van der Waals surface area (Å²) in [6.07, 6.45) is 0. The molecule has 0 aliphatic heterocycles. The molecule has 1 atom stereocenters. The number of carbonyl (C=O) groups excluding carboxylic acids is 1. The lowest BCUT2D eigenvalue weighted by atomic mass is 9.82. The molecule has 18 heavy (non-hydrogen) atoms. The van der Waals surface area contributed by atoms with Gasteiger partial charge in [-0.3, -0.25) is 0 Å². The first kappa shape index (κ1) is 14.4. The summed E-state index contributed by atoms with van der Waals surface area (Å²) in [4.78, 5) is 11.2. The molecule has 1 aromatic heterocycles. The SMILES string of the molecule is COC(=O)c1ccc(NCC(C)C(C)(C)C)nn1. The van der Waals surface area contributed by atoms with Crippen LogP contribution in [0.2, 0.25) is 0 Å². The first-order valence-electron chi connectivity index (χ1n) is 6.00. The van der Waals surface area contributed by atoms with Crippen LogP contribution >= 0.6 is 0 Å². The number of carbonyl (C=O) groups is 1. The summed E-state index contributed by atoms with van der Waals surface area (Å²) in [6, 6.07) is 3.33. The van der Waals surface area contributed by atoms with Crippen molar-refractivity contribution >= 4 is 11.8 Å². The summed E-state index contributed by atoms with van der Waals surface area (Å²) in [5.74, 6) is 0.690. The molecule has 0 saturated carbocycles. The standard InChI is InChI=1S/C13H21N3O2/c1-9(13(2,3)4)8-14-11-7-6-10(15-16-11)12(17)18-5/h6-7,9H,8H2,1-5H3,(H,14,16). The molecule has 0 aliphatic rings. The zero-order valence-corrected chi connectivity index (χ0v) is 11.7. The monoisotopic (exact) mass is 251 g/mol. The Morgan fingerprint density at radius 2 is 2.06 bits per heavy atom. The number of esters is 1. The van der Waals surface area contributed by atoms with E-state index in [4.69, 9.17) is 0 Å². The van der Waals surface area contributed by atoms with Gasteiger partial charge in [-0.2, -0.15) is 0 Å². The highest BCUT2D eigenvalue weighted by atomic mass is 16.5. The topological polar surface area (TPSA) is 64.1 Å². The van der Waals surface area contributed by atoms with Gasteiger partial charge in [0.15, 0.2) is 5.69 Å². The summed E-state index contributed by atoms with van der Waals surface area (Å²) in [6.45, 7) is 9.60. The van der Waals surface area contributed by atoms with Crippen LogP contribution < -0.4 is 5.32 Å². The highest BCUT2D eigenvalue weighted by Gasteiger charge is 2.19. The van der Waals surface area contributed by atoms with Crippen molar-refractivity contribution in [2.75, 3.05) is 19.0 Å². The van der Waals surface area contributed by atoms with Gasteiger partial charge in [0, 0.05) is 6.54 Å². The number of methoxy groups -OCH3 is 1. The van der Waals surface area contributed by atoms with Crippen LogP contribution in [0.3, 0.4) is 0 Å². The Balaban J connectivity index is 2.57. The predicted octanol–water partition coefficient (Wildman–Crippen LogP) is 2.36. The fourth-order valence-corrected chi connectivity index (χ4v) is 1.20. The van der Waals surface area contributed by atoms with Gasteiger partial charge in [-0.1, -0.05) is 27.7 Å². The lowest BCUT2D eigenvalue weighted by molar-refractivity contribution is 0.0593. The van der Waals surface area contributed by atoms with Crippen molar-refractivity contribution in [3.8, 4) is 0 Å². The van der Waals surface area contributed by atoms with Crippen LogP contribution in [0.5, 0.6) is 0 Å². The number of ether oxygens (including phenoxy) is 1. The molecule has 5 heteroatoms. The van der Waals surface area contributed by atoms with E-state index in [2.05, 4.69) is 47.9 Å². The van der Waals surface area contributed by atoms with Gasteiger partial charge in [-0.05, 0) is 23.5 Å². The molecule has 0 spiro atoms. The number of hydrogen-bond acceptors (Lipinski definition) is 5. The maximum atomic E-state index is 11.2. The van der Waals surface area contributed by atoms with Crippen LogP contribution in [0.1, 0.15) is 38.2 Å². The van der Waals surface area contributed by atoms with E-state index in [0.29, 0.717) is 11.7 Å². The van der Waals surface area contributed by atoms with E-state index in [1.807, 2.05) is 0 Å². The van der Waals surface area contributed by atoms with E-state index in [1.165, 1.54) is 7.11 Å². The van der Waals surface area contributed by atoms with Crippen molar-refractivity contribution in [2.24, 2.45) is 11.3 Å². The van der Waals surface area contributed by atoms with Crippen molar-refractivity contribution in [2.45, 2.75) is 27.7 Å². The van der Waals surface area contributed by atoms with E-state index in [9.17, 15) is 4.79 Å². The van der Waals surface area contributed by atoms with E-state index in [-0.39, 0.29) is 11.1 Å². The number of aromatic nitrogens is 2. The second-order valence-electron chi connectivity index (χ2n) is 5.44. The van der Waals surface area contributed by atoms with E-state index < -0.39 is 5.97 Å². The normalized spacial score (nSPS) is 12.9. The van der Waals surface area contributed by atoms with Gasteiger partial charge in [0.1, 0.15) is 5.82 Å². The minimum absolute atomic E-state index is 0.215. The summed E-state index contributed by atoms with van der Waals surface area (Å²) in [7, 11) is 1.32. The molecular formula is C13H21N3O2. The third kappa shape index (κ3) is 3.98. The molecule has 5 nitrogen and oxygen atoms in total. The smallest absolute Gasteiger partial charge is 0.358 e. The summed E-state index contributed by atoms with van der Waals surface area (Å²) in [5, 5.41) is 11.0. The number of rotatable bonds is 4. The van der Waals surface area contributed by atoms with Gasteiger partial charge in [0.2, 0.25) is 0 Å². The Hall–Kier alpha value is -1.65. The zero-order chi connectivity index (χ0) is 13.8. The van der Waals surface area contributed by atoms with Crippen molar-refractivity contribution in [3.05, 3.63) is 17.8 Å². The second kappa shape index (κ2) is 5.80. The van der Waals surface area contributed by atoms with Gasteiger partial charge in [-0.25, -0.2) is 4.79 Å². The highest BCUT2D eigenvalue weighted by molar-refractivity contribution is 5.86. The number of nitrogens with zero attached hydrogens (tertiary/aromatic N) is 2. The van der Waals surface area contributed by atoms with Crippen LogP contribution in [0.25, 0.3) is 0 Å². The van der Waals surface area contributed by atoms with Crippen LogP contribution in [0.15, 0.2) is 12.1 Å². The molecule has 0 radical (unpaired) electrons. The summed E-state index contributed by atoms with van der Waals surface area (Å²) < 4.78 is 4.56. The van der Waals surface area contributed by atoms with E-state index in [0.717, 1.165) is 6.54 Å². The van der Waals surface area contributed by atoms with Crippen LogP contribution in [0, 0.1) is 11.3 Å². The Morgan fingerprint density at radius 1 is 1.39 bits per heavy atom.